The van der Waals surface area contributed by atoms with Crippen LogP contribution in [-0.4, -0.2) is 60.6 Å². The highest BCUT2D eigenvalue weighted by Crippen LogP contribution is 2.32. The number of carbonyl (C=O) groups is 1. The van der Waals surface area contributed by atoms with E-state index in [-0.39, 0.29) is 12.6 Å². The molecule has 0 unspecified atom stereocenters. The smallest absolute Gasteiger partial charge is 0.240 e. The molecule has 0 bridgehead atoms. The number of carbonyl (C=O) groups excluding carboxylic acids is 1. The van der Waals surface area contributed by atoms with E-state index >= 15 is 0 Å². The molecule has 0 aromatic heterocycles. The summed E-state index contributed by atoms with van der Waals surface area (Å²) in [4.78, 5) is 12.2. The Kier molecular flexibility index (Phi) is 6.49. The molecule has 0 spiro atoms. The van der Waals surface area contributed by atoms with E-state index in [2.05, 4.69) is 5.32 Å². The standard InChI is InChI=1S/C16H24N2O6S/c1-22-14-7-6-12(9-15(14)23-2)18(25(3,20)21)11-16(19)17-10-13-5-4-8-24-13/h6-7,9,13H,4-5,8,10-11H2,1-3H3,(H,17,19)/t13-/m1/s1. The third-order valence-electron chi connectivity index (χ3n) is 3.89. The van der Waals surface area contributed by atoms with E-state index < -0.39 is 15.9 Å². The monoisotopic (exact) mass is 372 g/mol. The first-order chi connectivity index (χ1) is 11.8. The van der Waals surface area contributed by atoms with Crippen LogP contribution in [0.3, 0.4) is 0 Å². The zero-order valence-corrected chi connectivity index (χ0v) is 15.5. The van der Waals surface area contributed by atoms with Gasteiger partial charge in [-0.15, -0.1) is 0 Å². The molecule has 1 heterocycles. The summed E-state index contributed by atoms with van der Waals surface area (Å²) in [6.45, 7) is 0.755. The number of anilines is 1. The number of ether oxygens (including phenoxy) is 3. The third-order valence-corrected chi connectivity index (χ3v) is 5.03. The van der Waals surface area contributed by atoms with Gasteiger partial charge in [-0.25, -0.2) is 8.42 Å². The quantitative estimate of drug-likeness (QED) is 0.724. The van der Waals surface area contributed by atoms with Gasteiger partial charge in [0, 0.05) is 19.2 Å². The Morgan fingerprint density at radius 1 is 1.32 bits per heavy atom. The highest BCUT2D eigenvalue weighted by molar-refractivity contribution is 7.92. The van der Waals surface area contributed by atoms with Crippen LogP contribution in [-0.2, 0) is 19.6 Å². The average molecular weight is 372 g/mol. The molecule has 1 saturated heterocycles. The maximum Gasteiger partial charge on any atom is 0.240 e. The molecule has 0 saturated carbocycles. The van der Waals surface area contributed by atoms with Gasteiger partial charge in [0.15, 0.2) is 11.5 Å². The van der Waals surface area contributed by atoms with Crippen LogP contribution in [0.15, 0.2) is 18.2 Å². The number of benzene rings is 1. The topological polar surface area (TPSA) is 94.2 Å². The summed E-state index contributed by atoms with van der Waals surface area (Å²) in [6.07, 6.45) is 2.92. The molecule has 0 aliphatic carbocycles. The summed E-state index contributed by atoms with van der Waals surface area (Å²) in [6, 6.07) is 4.68. The van der Waals surface area contributed by atoms with Crippen LogP contribution in [0.25, 0.3) is 0 Å². The van der Waals surface area contributed by atoms with E-state index in [0.29, 0.717) is 30.3 Å². The Balaban J connectivity index is 2.12. The van der Waals surface area contributed by atoms with Gasteiger partial charge in [-0.05, 0) is 25.0 Å². The molecule has 1 fully saturated rings. The zero-order chi connectivity index (χ0) is 18.4. The van der Waals surface area contributed by atoms with Crippen molar-refractivity contribution in [2.45, 2.75) is 18.9 Å². The fourth-order valence-electron chi connectivity index (χ4n) is 2.60. The van der Waals surface area contributed by atoms with E-state index in [1.165, 1.54) is 20.3 Å². The van der Waals surface area contributed by atoms with Crippen LogP contribution in [0.5, 0.6) is 11.5 Å². The predicted molar refractivity (Wildman–Crippen MR) is 93.7 cm³/mol. The van der Waals surface area contributed by atoms with Crippen molar-refractivity contribution in [3.8, 4) is 11.5 Å². The molecular formula is C16H24N2O6S. The van der Waals surface area contributed by atoms with Gasteiger partial charge < -0.3 is 19.5 Å². The maximum absolute atomic E-state index is 12.2. The van der Waals surface area contributed by atoms with Crippen molar-refractivity contribution in [1.82, 2.24) is 5.32 Å². The molecule has 1 N–H and O–H groups in total. The molecule has 1 aliphatic heterocycles. The van der Waals surface area contributed by atoms with Crippen molar-refractivity contribution in [3.63, 3.8) is 0 Å². The molecule has 140 valence electrons. The fourth-order valence-corrected chi connectivity index (χ4v) is 3.45. The summed E-state index contributed by atoms with van der Waals surface area (Å²) >= 11 is 0. The molecule has 1 atom stereocenters. The zero-order valence-electron chi connectivity index (χ0n) is 14.6. The average Bonchev–Trinajstić information content (AvgIpc) is 3.09. The minimum absolute atomic E-state index is 0.00304. The van der Waals surface area contributed by atoms with Crippen molar-refractivity contribution < 1.29 is 27.4 Å². The van der Waals surface area contributed by atoms with Crippen molar-refractivity contribution in [1.29, 1.82) is 0 Å². The van der Waals surface area contributed by atoms with Gasteiger partial charge in [0.25, 0.3) is 0 Å². The van der Waals surface area contributed by atoms with E-state index in [0.717, 1.165) is 23.4 Å². The van der Waals surface area contributed by atoms with E-state index in [1.807, 2.05) is 0 Å². The van der Waals surface area contributed by atoms with E-state index in [1.54, 1.807) is 12.1 Å². The Labute approximate surface area is 148 Å². The van der Waals surface area contributed by atoms with E-state index in [4.69, 9.17) is 14.2 Å². The second kappa shape index (κ2) is 8.39. The lowest BCUT2D eigenvalue weighted by Crippen LogP contribution is -2.42. The summed E-state index contributed by atoms with van der Waals surface area (Å²) in [5.41, 5.74) is 0.326. The van der Waals surface area contributed by atoms with Gasteiger partial charge in [0.05, 0.1) is 32.3 Å². The van der Waals surface area contributed by atoms with Crippen molar-refractivity contribution in [2.24, 2.45) is 0 Å². The van der Waals surface area contributed by atoms with Gasteiger partial charge in [0.1, 0.15) is 6.54 Å². The van der Waals surface area contributed by atoms with Gasteiger partial charge in [-0.3, -0.25) is 9.10 Å². The number of hydrogen-bond donors (Lipinski definition) is 1. The fraction of sp³-hybridized carbons (Fsp3) is 0.562. The Morgan fingerprint density at radius 2 is 2.04 bits per heavy atom. The van der Waals surface area contributed by atoms with Gasteiger partial charge >= 0.3 is 0 Å². The lowest BCUT2D eigenvalue weighted by molar-refractivity contribution is -0.120. The van der Waals surface area contributed by atoms with Crippen LogP contribution >= 0.6 is 0 Å². The molecule has 8 nitrogen and oxygen atoms in total. The van der Waals surface area contributed by atoms with Crippen LogP contribution in [0, 0.1) is 0 Å². The molecule has 1 aromatic carbocycles. The largest absolute Gasteiger partial charge is 0.493 e. The maximum atomic E-state index is 12.2. The van der Waals surface area contributed by atoms with Gasteiger partial charge in [0.2, 0.25) is 15.9 Å². The Morgan fingerprint density at radius 3 is 2.60 bits per heavy atom. The first kappa shape index (κ1) is 19.3. The molecular weight excluding hydrogens is 348 g/mol. The number of rotatable bonds is 8. The second-order valence-corrected chi connectivity index (χ2v) is 7.65. The molecule has 1 aliphatic rings. The van der Waals surface area contributed by atoms with Crippen molar-refractivity contribution in [2.75, 3.05) is 44.5 Å². The minimum Gasteiger partial charge on any atom is -0.493 e. The first-order valence-corrected chi connectivity index (χ1v) is 9.78. The third kappa shape index (κ3) is 5.23. The summed E-state index contributed by atoms with van der Waals surface area (Å²) < 4.78 is 41.1. The molecule has 0 radical (unpaired) electrons. The lowest BCUT2D eigenvalue weighted by atomic mass is 10.2. The van der Waals surface area contributed by atoms with Crippen molar-refractivity contribution >= 4 is 21.6 Å². The van der Waals surface area contributed by atoms with Gasteiger partial charge in [-0.1, -0.05) is 0 Å². The number of hydrogen-bond acceptors (Lipinski definition) is 6. The second-order valence-electron chi connectivity index (χ2n) is 5.75. The molecule has 25 heavy (non-hydrogen) atoms. The first-order valence-electron chi connectivity index (χ1n) is 7.93. The number of amides is 1. The molecule has 9 heteroatoms. The lowest BCUT2D eigenvalue weighted by Gasteiger charge is -2.23. The van der Waals surface area contributed by atoms with Crippen molar-refractivity contribution in [3.05, 3.63) is 18.2 Å². The molecule has 2 rings (SSSR count). The van der Waals surface area contributed by atoms with Crippen LogP contribution in [0.4, 0.5) is 5.69 Å². The van der Waals surface area contributed by atoms with Gasteiger partial charge in [-0.2, -0.15) is 0 Å². The Hall–Kier alpha value is -2.00. The molecule has 1 amide bonds. The number of methoxy groups -OCH3 is 2. The molecule has 1 aromatic rings. The van der Waals surface area contributed by atoms with Crippen LogP contribution < -0.4 is 19.1 Å². The van der Waals surface area contributed by atoms with Crippen LogP contribution in [0.2, 0.25) is 0 Å². The SMILES string of the molecule is COc1ccc(N(CC(=O)NC[C@H]2CCCO2)S(C)(=O)=O)cc1OC. The highest BCUT2D eigenvalue weighted by Gasteiger charge is 2.23. The summed E-state index contributed by atoms with van der Waals surface area (Å²) in [5, 5.41) is 2.72. The number of nitrogens with one attached hydrogen (secondary N) is 1. The minimum atomic E-state index is -3.65. The normalized spacial score (nSPS) is 17.2. The van der Waals surface area contributed by atoms with Crippen LogP contribution in [0.1, 0.15) is 12.8 Å². The summed E-state index contributed by atoms with van der Waals surface area (Å²) in [5.74, 6) is 0.464. The van der Waals surface area contributed by atoms with E-state index in [9.17, 15) is 13.2 Å². The highest BCUT2D eigenvalue weighted by atomic mass is 32.2. The summed E-state index contributed by atoms with van der Waals surface area (Å²) in [7, 11) is -0.701. The number of sulfonamides is 1. The number of nitrogens with zero attached hydrogens (tertiary/aromatic N) is 1. The predicted octanol–water partition coefficient (Wildman–Crippen LogP) is 0.765. The Bertz CT molecular complexity index is 701.